The van der Waals surface area contributed by atoms with Crippen LogP contribution in [0.3, 0.4) is 0 Å². The van der Waals surface area contributed by atoms with E-state index in [-0.39, 0.29) is 0 Å². The van der Waals surface area contributed by atoms with Crippen molar-refractivity contribution < 1.29 is 0 Å². The minimum Gasteiger partial charge on any atom is -0.135 e. The molecule has 0 unspecified atom stereocenters. The highest BCUT2D eigenvalue weighted by molar-refractivity contribution is 7.18. The number of thiophene rings is 1. The van der Waals surface area contributed by atoms with Crippen LogP contribution >= 0.6 is 11.3 Å². The van der Waals surface area contributed by atoms with Crippen molar-refractivity contribution in [2.24, 2.45) is 0 Å². The first-order valence-electron chi connectivity index (χ1n) is 17.5. The van der Waals surface area contributed by atoms with Crippen LogP contribution in [-0.2, 0) is 0 Å². The molecule has 0 saturated heterocycles. The van der Waals surface area contributed by atoms with Gasteiger partial charge in [0.2, 0.25) is 0 Å². The Kier molecular flexibility index (Phi) is 7.11. The molecule has 0 bridgehead atoms. The van der Waals surface area contributed by atoms with Crippen LogP contribution < -0.4 is 0 Å². The minimum absolute atomic E-state index is 1.21. The molecule has 1 aromatic heterocycles. The molecule has 9 aromatic carbocycles. The van der Waals surface area contributed by atoms with Crippen LogP contribution in [0.4, 0.5) is 0 Å². The first-order valence-corrected chi connectivity index (χ1v) is 18.3. The summed E-state index contributed by atoms with van der Waals surface area (Å²) in [7, 11) is 0. The fourth-order valence-electron chi connectivity index (χ4n) is 7.90. The molecule has 10 aromatic rings. The normalized spacial score (nSPS) is 11.5. The first-order chi connectivity index (χ1) is 25.3. The zero-order valence-electron chi connectivity index (χ0n) is 27.9. The van der Waals surface area contributed by atoms with Gasteiger partial charge in [-0.05, 0) is 106 Å². The molecule has 1 heteroatoms. The molecule has 0 atom stereocenters. The van der Waals surface area contributed by atoms with Gasteiger partial charge in [-0.1, -0.05) is 176 Å². The maximum absolute atomic E-state index is 2.43. The molecule has 0 fully saturated rings. The Balaban J connectivity index is 1.20. The molecular formula is C50H32S. The van der Waals surface area contributed by atoms with E-state index in [0.717, 1.165) is 0 Å². The average Bonchev–Trinajstić information content (AvgIpc) is 3.71. The first kappa shape index (κ1) is 29.6. The maximum atomic E-state index is 2.43. The van der Waals surface area contributed by atoms with Crippen LogP contribution in [0.15, 0.2) is 194 Å². The Morgan fingerprint density at radius 2 is 0.686 bits per heavy atom. The molecule has 0 N–H and O–H groups in total. The SMILES string of the molecule is c1ccc(-c2ccc(-c3ccc(-c4ccc5c(-c6cccc7ccccc67)c6ccccc6c(-c6cccc7ccccc67)c5c4)cc3)s2)cc1. The molecule has 0 aliphatic heterocycles. The summed E-state index contributed by atoms with van der Waals surface area (Å²) in [5.74, 6) is 0. The van der Waals surface area contributed by atoms with Gasteiger partial charge in [0.15, 0.2) is 0 Å². The Morgan fingerprint density at radius 1 is 0.255 bits per heavy atom. The smallest absolute Gasteiger partial charge is 0.0349 e. The summed E-state index contributed by atoms with van der Waals surface area (Å²) in [5, 5.41) is 10.1. The number of benzene rings is 9. The van der Waals surface area contributed by atoms with Gasteiger partial charge in [-0.25, -0.2) is 0 Å². The fourth-order valence-corrected chi connectivity index (χ4v) is 8.92. The van der Waals surface area contributed by atoms with E-state index in [1.165, 1.54) is 97.4 Å². The van der Waals surface area contributed by atoms with E-state index in [9.17, 15) is 0 Å². The van der Waals surface area contributed by atoms with Crippen molar-refractivity contribution in [1.29, 1.82) is 0 Å². The van der Waals surface area contributed by atoms with Crippen LogP contribution in [0.2, 0.25) is 0 Å². The molecule has 0 saturated carbocycles. The summed E-state index contributed by atoms with van der Waals surface area (Å²) in [6.07, 6.45) is 0. The van der Waals surface area contributed by atoms with Crippen molar-refractivity contribution in [2.45, 2.75) is 0 Å². The van der Waals surface area contributed by atoms with E-state index in [0.29, 0.717) is 0 Å². The molecule has 0 amide bonds. The van der Waals surface area contributed by atoms with Gasteiger partial charge in [-0.3, -0.25) is 0 Å². The molecule has 10 rings (SSSR count). The Labute approximate surface area is 301 Å². The summed E-state index contributed by atoms with van der Waals surface area (Å²) < 4.78 is 0. The van der Waals surface area contributed by atoms with E-state index in [4.69, 9.17) is 0 Å². The second kappa shape index (κ2) is 12.2. The van der Waals surface area contributed by atoms with Gasteiger partial charge in [-0.2, -0.15) is 0 Å². The van der Waals surface area contributed by atoms with Crippen molar-refractivity contribution in [2.75, 3.05) is 0 Å². The number of hydrogen-bond donors (Lipinski definition) is 0. The van der Waals surface area contributed by atoms with Crippen LogP contribution in [0.1, 0.15) is 0 Å². The fraction of sp³-hybridized carbons (Fsp3) is 0. The van der Waals surface area contributed by atoms with E-state index >= 15 is 0 Å². The largest absolute Gasteiger partial charge is 0.135 e. The van der Waals surface area contributed by atoms with Gasteiger partial charge in [-0.15, -0.1) is 11.3 Å². The molecule has 1 heterocycles. The lowest BCUT2D eigenvalue weighted by molar-refractivity contribution is 1.63. The lowest BCUT2D eigenvalue weighted by Crippen LogP contribution is -1.93. The van der Waals surface area contributed by atoms with Gasteiger partial charge in [0.25, 0.3) is 0 Å². The van der Waals surface area contributed by atoms with Gasteiger partial charge < -0.3 is 0 Å². The molecule has 238 valence electrons. The molecular weight excluding hydrogens is 633 g/mol. The van der Waals surface area contributed by atoms with Crippen LogP contribution in [0, 0.1) is 0 Å². The predicted octanol–water partition coefficient (Wildman–Crippen LogP) is 14.7. The van der Waals surface area contributed by atoms with Crippen molar-refractivity contribution in [1.82, 2.24) is 0 Å². The van der Waals surface area contributed by atoms with Gasteiger partial charge in [0.1, 0.15) is 0 Å². The number of rotatable bonds is 5. The van der Waals surface area contributed by atoms with Gasteiger partial charge in [0.05, 0.1) is 0 Å². The number of hydrogen-bond acceptors (Lipinski definition) is 1. The van der Waals surface area contributed by atoms with E-state index in [2.05, 4.69) is 194 Å². The van der Waals surface area contributed by atoms with Crippen LogP contribution in [-0.4, -0.2) is 0 Å². The lowest BCUT2D eigenvalue weighted by atomic mass is 9.83. The lowest BCUT2D eigenvalue weighted by Gasteiger charge is -2.20. The van der Waals surface area contributed by atoms with Crippen molar-refractivity contribution in [3.63, 3.8) is 0 Å². The second-order valence-corrected chi connectivity index (χ2v) is 14.3. The third-order valence-electron chi connectivity index (χ3n) is 10.3. The Morgan fingerprint density at radius 3 is 1.29 bits per heavy atom. The quantitative estimate of drug-likeness (QED) is 0.161. The highest BCUT2D eigenvalue weighted by atomic mass is 32.1. The highest BCUT2D eigenvalue weighted by Gasteiger charge is 2.20. The minimum atomic E-state index is 1.21. The molecule has 51 heavy (non-hydrogen) atoms. The zero-order valence-corrected chi connectivity index (χ0v) is 28.7. The second-order valence-electron chi connectivity index (χ2n) is 13.2. The summed E-state index contributed by atoms with van der Waals surface area (Å²) in [5.41, 5.74) is 10.0. The predicted molar refractivity (Wildman–Crippen MR) is 222 cm³/mol. The average molecular weight is 665 g/mol. The third-order valence-corrected chi connectivity index (χ3v) is 11.5. The van der Waals surface area contributed by atoms with E-state index in [1.54, 1.807) is 0 Å². The van der Waals surface area contributed by atoms with Crippen molar-refractivity contribution >= 4 is 54.4 Å². The molecule has 0 nitrogen and oxygen atoms in total. The van der Waals surface area contributed by atoms with Crippen LogP contribution in [0.25, 0.3) is 97.4 Å². The Bertz CT molecular complexity index is 2880. The molecule has 0 spiro atoms. The number of fused-ring (bicyclic) bond motifs is 4. The molecule has 0 radical (unpaired) electrons. The van der Waals surface area contributed by atoms with E-state index < -0.39 is 0 Å². The van der Waals surface area contributed by atoms with Crippen molar-refractivity contribution in [3.05, 3.63) is 194 Å². The van der Waals surface area contributed by atoms with Gasteiger partial charge >= 0.3 is 0 Å². The zero-order chi connectivity index (χ0) is 33.7. The summed E-state index contributed by atoms with van der Waals surface area (Å²) in [4.78, 5) is 2.57. The standard InChI is InChI=1S/C50H32S/c1-2-14-36(15-3-1)47-30-31-48(51-47)37-26-24-33(25-27-37)38-28-29-45-46(32-38)50(42-23-11-17-35-13-5-7-19-40(35)42)44-21-9-8-20-43(44)49(45)41-22-10-16-34-12-4-6-18-39(34)41/h1-32H. The summed E-state index contributed by atoms with van der Waals surface area (Å²) >= 11 is 1.84. The monoisotopic (exact) mass is 664 g/mol. The summed E-state index contributed by atoms with van der Waals surface area (Å²) in [6, 6.07) is 71.3. The van der Waals surface area contributed by atoms with Crippen molar-refractivity contribution in [3.8, 4) is 54.3 Å². The topological polar surface area (TPSA) is 0 Å². The highest BCUT2D eigenvalue weighted by Crippen LogP contribution is 2.47. The van der Waals surface area contributed by atoms with E-state index in [1.807, 2.05) is 11.3 Å². The summed E-state index contributed by atoms with van der Waals surface area (Å²) in [6.45, 7) is 0. The maximum Gasteiger partial charge on any atom is 0.0349 e. The van der Waals surface area contributed by atoms with Crippen LogP contribution in [0.5, 0.6) is 0 Å². The van der Waals surface area contributed by atoms with Gasteiger partial charge in [0, 0.05) is 9.75 Å². The third kappa shape index (κ3) is 5.05. The molecule has 0 aliphatic rings. The Hall–Kier alpha value is -6.28. The molecule has 0 aliphatic carbocycles.